The molecule has 0 unspecified atom stereocenters. The maximum Gasteiger partial charge on any atom is 0.266 e. The number of rotatable bonds is 5. The summed E-state index contributed by atoms with van der Waals surface area (Å²) in [5, 5.41) is 5.55. The first-order valence-corrected chi connectivity index (χ1v) is 10.9. The SMILES string of the molecule is O=C(Nc1ccccc1)c1ccc(N2C(=O)c3ccc(C(=O)Nc4ccccc4)cc3C2=O)cc1. The Balaban J connectivity index is 1.34. The predicted octanol–water partition coefficient (Wildman–Crippen LogP) is 4.99. The van der Waals surface area contributed by atoms with E-state index in [9.17, 15) is 19.2 Å². The molecule has 1 heterocycles. The van der Waals surface area contributed by atoms with Crippen molar-refractivity contribution in [1.82, 2.24) is 0 Å². The van der Waals surface area contributed by atoms with Crippen molar-refractivity contribution in [2.75, 3.05) is 15.5 Å². The van der Waals surface area contributed by atoms with Gasteiger partial charge in [-0.05, 0) is 66.7 Å². The summed E-state index contributed by atoms with van der Waals surface area (Å²) >= 11 is 0. The maximum absolute atomic E-state index is 13.1. The molecule has 0 atom stereocenters. The van der Waals surface area contributed by atoms with E-state index in [1.54, 1.807) is 60.7 Å². The number of anilines is 3. The smallest absolute Gasteiger partial charge is 0.266 e. The van der Waals surface area contributed by atoms with Gasteiger partial charge in [-0.15, -0.1) is 0 Å². The van der Waals surface area contributed by atoms with E-state index >= 15 is 0 Å². The molecule has 0 aliphatic carbocycles. The van der Waals surface area contributed by atoms with Crippen LogP contribution in [0.4, 0.5) is 17.1 Å². The average molecular weight is 461 g/mol. The number of carbonyl (C=O) groups is 4. The summed E-state index contributed by atoms with van der Waals surface area (Å²) in [7, 11) is 0. The van der Waals surface area contributed by atoms with Crippen LogP contribution in [0.2, 0.25) is 0 Å². The molecular formula is C28H19N3O4. The van der Waals surface area contributed by atoms with Crippen molar-refractivity contribution < 1.29 is 19.2 Å². The van der Waals surface area contributed by atoms with E-state index in [-0.39, 0.29) is 28.5 Å². The Labute approximate surface area is 201 Å². The van der Waals surface area contributed by atoms with Crippen LogP contribution in [0, 0.1) is 0 Å². The van der Waals surface area contributed by atoms with Gasteiger partial charge in [-0.1, -0.05) is 36.4 Å². The fourth-order valence-corrected chi connectivity index (χ4v) is 3.83. The Morgan fingerprint density at radius 3 is 1.60 bits per heavy atom. The Morgan fingerprint density at radius 1 is 0.543 bits per heavy atom. The molecule has 170 valence electrons. The van der Waals surface area contributed by atoms with Gasteiger partial charge in [0.25, 0.3) is 23.6 Å². The van der Waals surface area contributed by atoms with Gasteiger partial charge < -0.3 is 10.6 Å². The number of imide groups is 1. The summed E-state index contributed by atoms with van der Waals surface area (Å²) in [6, 6.07) is 28.6. The summed E-state index contributed by atoms with van der Waals surface area (Å²) in [4.78, 5) is 52.2. The first-order valence-electron chi connectivity index (χ1n) is 10.9. The summed E-state index contributed by atoms with van der Waals surface area (Å²) in [5.74, 6) is -1.70. The molecule has 7 nitrogen and oxygen atoms in total. The van der Waals surface area contributed by atoms with Gasteiger partial charge >= 0.3 is 0 Å². The zero-order valence-electron chi connectivity index (χ0n) is 18.4. The van der Waals surface area contributed by atoms with Crippen LogP contribution in [-0.4, -0.2) is 23.6 Å². The number of hydrogen-bond donors (Lipinski definition) is 2. The molecular weight excluding hydrogens is 442 g/mol. The molecule has 1 aliphatic rings. The Morgan fingerprint density at radius 2 is 1.03 bits per heavy atom. The van der Waals surface area contributed by atoms with E-state index in [1.807, 2.05) is 24.3 Å². The Bertz CT molecular complexity index is 1450. The van der Waals surface area contributed by atoms with E-state index in [4.69, 9.17) is 0 Å². The number of benzene rings is 4. The monoisotopic (exact) mass is 461 g/mol. The minimum Gasteiger partial charge on any atom is -0.322 e. The van der Waals surface area contributed by atoms with Crippen molar-refractivity contribution in [3.8, 4) is 0 Å². The van der Waals surface area contributed by atoms with Gasteiger partial charge in [0.05, 0.1) is 16.8 Å². The van der Waals surface area contributed by atoms with Crippen LogP contribution >= 0.6 is 0 Å². The number of para-hydroxylation sites is 2. The Hall–Kier alpha value is -5.04. The predicted molar refractivity (Wildman–Crippen MR) is 133 cm³/mol. The van der Waals surface area contributed by atoms with Crippen molar-refractivity contribution in [2.45, 2.75) is 0 Å². The average Bonchev–Trinajstić information content (AvgIpc) is 3.14. The Kier molecular flexibility index (Phi) is 5.65. The van der Waals surface area contributed by atoms with Gasteiger partial charge in [-0.25, -0.2) is 4.90 Å². The van der Waals surface area contributed by atoms with Crippen LogP contribution in [0.25, 0.3) is 0 Å². The van der Waals surface area contributed by atoms with Gasteiger partial charge in [0.1, 0.15) is 0 Å². The molecule has 1 aliphatic heterocycles. The molecule has 4 aromatic carbocycles. The lowest BCUT2D eigenvalue weighted by molar-refractivity contribution is 0.0924. The highest BCUT2D eigenvalue weighted by Crippen LogP contribution is 2.29. The van der Waals surface area contributed by atoms with E-state index in [1.165, 1.54) is 18.2 Å². The summed E-state index contributed by atoms with van der Waals surface area (Å²) < 4.78 is 0. The van der Waals surface area contributed by atoms with Gasteiger partial charge in [-0.3, -0.25) is 19.2 Å². The van der Waals surface area contributed by atoms with Crippen molar-refractivity contribution in [3.05, 3.63) is 125 Å². The maximum atomic E-state index is 13.1. The van der Waals surface area contributed by atoms with Crippen molar-refractivity contribution in [2.24, 2.45) is 0 Å². The second-order valence-electron chi connectivity index (χ2n) is 7.89. The molecule has 4 aromatic rings. The molecule has 5 rings (SSSR count). The number of amides is 4. The van der Waals surface area contributed by atoms with Crippen LogP contribution in [0.3, 0.4) is 0 Å². The van der Waals surface area contributed by atoms with Crippen LogP contribution in [0.5, 0.6) is 0 Å². The number of carbonyl (C=O) groups excluding carboxylic acids is 4. The van der Waals surface area contributed by atoms with Gasteiger partial charge in [0.15, 0.2) is 0 Å². The number of nitrogens with zero attached hydrogens (tertiary/aromatic N) is 1. The quantitative estimate of drug-likeness (QED) is 0.409. The van der Waals surface area contributed by atoms with Gasteiger partial charge in [0.2, 0.25) is 0 Å². The van der Waals surface area contributed by atoms with E-state index in [0.29, 0.717) is 22.6 Å². The lowest BCUT2D eigenvalue weighted by Gasteiger charge is -2.14. The van der Waals surface area contributed by atoms with Crippen molar-refractivity contribution in [3.63, 3.8) is 0 Å². The fourth-order valence-electron chi connectivity index (χ4n) is 3.83. The summed E-state index contributed by atoms with van der Waals surface area (Å²) in [5.41, 5.74) is 2.64. The highest BCUT2D eigenvalue weighted by Gasteiger charge is 2.37. The molecule has 2 N–H and O–H groups in total. The molecule has 0 fully saturated rings. The molecule has 0 bridgehead atoms. The largest absolute Gasteiger partial charge is 0.322 e. The van der Waals surface area contributed by atoms with E-state index in [0.717, 1.165) is 4.90 Å². The minimum absolute atomic E-state index is 0.154. The van der Waals surface area contributed by atoms with Crippen LogP contribution < -0.4 is 15.5 Å². The van der Waals surface area contributed by atoms with Crippen molar-refractivity contribution in [1.29, 1.82) is 0 Å². The number of hydrogen-bond acceptors (Lipinski definition) is 4. The first kappa shape index (κ1) is 21.8. The molecule has 7 heteroatoms. The molecule has 0 spiro atoms. The standard InChI is InChI=1S/C28H19N3O4/c32-25(29-20-7-3-1-4-8-20)18-11-14-22(15-12-18)31-27(34)23-16-13-19(17-24(23)28(31)35)26(33)30-21-9-5-2-6-10-21/h1-17H,(H,29,32)(H,30,33). The second kappa shape index (κ2) is 9.07. The third-order valence-corrected chi connectivity index (χ3v) is 5.60. The molecule has 0 saturated heterocycles. The van der Waals surface area contributed by atoms with E-state index < -0.39 is 11.8 Å². The highest BCUT2D eigenvalue weighted by atomic mass is 16.2. The molecule has 4 amide bonds. The number of nitrogens with one attached hydrogen (secondary N) is 2. The zero-order valence-corrected chi connectivity index (χ0v) is 18.4. The number of fused-ring (bicyclic) bond motifs is 1. The van der Waals surface area contributed by atoms with E-state index in [2.05, 4.69) is 10.6 Å². The summed E-state index contributed by atoms with van der Waals surface area (Å²) in [6.07, 6.45) is 0. The zero-order chi connectivity index (χ0) is 24.4. The van der Waals surface area contributed by atoms with Gasteiger partial charge in [0, 0.05) is 22.5 Å². The van der Waals surface area contributed by atoms with Crippen LogP contribution in [0.1, 0.15) is 41.4 Å². The third kappa shape index (κ3) is 4.30. The van der Waals surface area contributed by atoms with Crippen LogP contribution in [-0.2, 0) is 0 Å². The molecule has 0 aromatic heterocycles. The normalized spacial score (nSPS) is 12.3. The second-order valence-corrected chi connectivity index (χ2v) is 7.89. The highest BCUT2D eigenvalue weighted by molar-refractivity contribution is 6.34. The fraction of sp³-hybridized carbons (Fsp3) is 0. The lowest BCUT2D eigenvalue weighted by Crippen LogP contribution is -2.29. The van der Waals surface area contributed by atoms with Crippen LogP contribution in [0.15, 0.2) is 103 Å². The topological polar surface area (TPSA) is 95.6 Å². The third-order valence-electron chi connectivity index (χ3n) is 5.60. The summed E-state index contributed by atoms with van der Waals surface area (Å²) in [6.45, 7) is 0. The first-order chi connectivity index (χ1) is 17.0. The lowest BCUT2D eigenvalue weighted by atomic mass is 10.1. The van der Waals surface area contributed by atoms with Crippen molar-refractivity contribution >= 4 is 40.7 Å². The minimum atomic E-state index is -0.527. The van der Waals surface area contributed by atoms with Gasteiger partial charge in [-0.2, -0.15) is 0 Å². The molecule has 0 radical (unpaired) electrons. The molecule has 0 saturated carbocycles. The molecule has 35 heavy (non-hydrogen) atoms.